The SMILES string of the molecule is CC(N)c1cccc2c1OCCC2(F)F.Cl. The minimum Gasteiger partial charge on any atom is -0.492 e. The highest BCUT2D eigenvalue weighted by Crippen LogP contribution is 2.43. The second-order valence-electron chi connectivity index (χ2n) is 3.82. The lowest BCUT2D eigenvalue weighted by Gasteiger charge is -2.28. The number of para-hydroxylation sites is 1. The molecule has 1 aliphatic rings. The average Bonchev–Trinajstić information content (AvgIpc) is 2.16. The molecule has 0 aliphatic carbocycles. The van der Waals surface area contributed by atoms with Crippen LogP contribution in [0.4, 0.5) is 8.78 Å². The van der Waals surface area contributed by atoms with Crippen molar-refractivity contribution in [2.24, 2.45) is 5.73 Å². The normalized spacial score (nSPS) is 19.0. The molecule has 0 aromatic heterocycles. The summed E-state index contributed by atoms with van der Waals surface area (Å²) in [5.41, 5.74) is 6.31. The highest BCUT2D eigenvalue weighted by molar-refractivity contribution is 5.85. The zero-order chi connectivity index (χ0) is 11.1. The van der Waals surface area contributed by atoms with Crippen molar-refractivity contribution >= 4 is 12.4 Å². The zero-order valence-corrected chi connectivity index (χ0v) is 9.69. The first kappa shape index (κ1) is 13.2. The second kappa shape index (κ2) is 4.55. The molecule has 90 valence electrons. The van der Waals surface area contributed by atoms with Crippen LogP contribution in [-0.2, 0) is 5.92 Å². The topological polar surface area (TPSA) is 35.2 Å². The number of benzene rings is 1. The Morgan fingerprint density at radius 1 is 1.44 bits per heavy atom. The predicted octanol–water partition coefficient (Wildman–Crippen LogP) is 3.00. The number of halogens is 3. The molecular formula is C11H14ClF2NO. The number of nitrogens with two attached hydrogens (primary N) is 1. The summed E-state index contributed by atoms with van der Waals surface area (Å²) in [7, 11) is 0. The van der Waals surface area contributed by atoms with Crippen molar-refractivity contribution in [2.75, 3.05) is 6.61 Å². The van der Waals surface area contributed by atoms with Gasteiger partial charge in [-0.15, -0.1) is 12.4 Å². The van der Waals surface area contributed by atoms with Crippen LogP contribution >= 0.6 is 12.4 Å². The van der Waals surface area contributed by atoms with Gasteiger partial charge in [-0.05, 0) is 13.0 Å². The maximum atomic E-state index is 13.5. The summed E-state index contributed by atoms with van der Waals surface area (Å²) < 4.78 is 32.3. The van der Waals surface area contributed by atoms with E-state index in [0.29, 0.717) is 5.56 Å². The number of fused-ring (bicyclic) bond motifs is 1. The molecule has 1 aromatic carbocycles. The van der Waals surface area contributed by atoms with Crippen LogP contribution in [-0.4, -0.2) is 6.61 Å². The van der Waals surface area contributed by atoms with Crippen molar-refractivity contribution in [1.82, 2.24) is 0 Å². The van der Waals surface area contributed by atoms with Gasteiger partial charge in [0, 0.05) is 11.6 Å². The Kier molecular flexibility index (Phi) is 3.76. The molecule has 1 heterocycles. The van der Waals surface area contributed by atoms with Gasteiger partial charge in [0.2, 0.25) is 0 Å². The molecule has 16 heavy (non-hydrogen) atoms. The van der Waals surface area contributed by atoms with Gasteiger partial charge in [0.05, 0.1) is 18.6 Å². The van der Waals surface area contributed by atoms with Crippen LogP contribution in [0.15, 0.2) is 18.2 Å². The van der Waals surface area contributed by atoms with Crippen LogP contribution in [0.1, 0.15) is 30.5 Å². The molecule has 0 spiro atoms. The quantitative estimate of drug-likeness (QED) is 0.830. The van der Waals surface area contributed by atoms with Crippen molar-refractivity contribution < 1.29 is 13.5 Å². The Labute approximate surface area is 99.2 Å². The Bertz CT molecular complexity index is 382. The van der Waals surface area contributed by atoms with Crippen LogP contribution in [0.5, 0.6) is 5.75 Å². The minimum absolute atomic E-state index is 0. The monoisotopic (exact) mass is 249 g/mol. The van der Waals surface area contributed by atoms with Crippen LogP contribution in [0.25, 0.3) is 0 Å². The first-order chi connectivity index (χ1) is 7.02. The lowest BCUT2D eigenvalue weighted by Crippen LogP contribution is -2.25. The van der Waals surface area contributed by atoms with Crippen LogP contribution < -0.4 is 10.5 Å². The van der Waals surface area contributed by atoms with E-state index >= 15 is 0 Å². The Morgan fingerprint density at radius 2 is 2.12 bits per heavy atom. The summed E-state index contributed by atoms with van der Waals surface area (Å²) in [6.07, 6.45) is -0.262. The lowest BCUT2D eigenvalue weighted by molar-refractivity contribution is -0.0408. The van der Waals surface area contributed by atoms with Crippen molar-refractivity contribution in [3.8, 4) is 5.75 Å². The summed E-state index contributed by atoms with van der Waals surface area (Å²) >= 11 is 0. The fraction of sp³-hybridized carbons (Fsp3) is 0.455. The third kappa shape index (κ3) is 2.13. The molecular weight excluding hydrogens is 236 g/mol. The van der Waals surface area contributed by atoms with E-state index < -0.39 is 5.92 Å². The van der Waals surface area contributed by atoms with Crippen LogP contribution in [0.3, 0.4) is 0 Å². The fourth-order valence-electron chi connectivity index (χ4n) is 1.78. The lowest BCUT2D eigenvalue weighted by atomic mass is 9.96. The Balaban J connectivity index is 0.00000128. The first-order valence-electron chi connectivity index (χ1n) is 4.92. The maximum absolute atomic E-state index is 13.5. The number of alkyl halides is 2. The van der Waals surface area contributed by atoms with E-state index in [9.17, 15) is 8.78 Å². The van der Waals surface area contributed by atoms with Crippen molar-refractivity contribution in [1.29, 1.82) is 0 Å². The Hall–Kier alpha value is -0.870. The number of hydrogen-bond acceptors (Lipinski definition) is 2. The highest BCUT2D eigenvalue weighted by atomic mass is 35.5. The molecule has 0 saturated carbocycles. The average molecular weight is 250 g/mol. The van der Waals surface area contributed by atoms with Gasteiger partial charge in [-0.2, -0.15) is 0 Å². The smallest absolute Gasteiger partial charge is 0.280 e. The predicted molar refractivity (Wildman–Crippen MR) is 60.3 cm³/mol. The molecule has 0 fully saturated rings. The van der Waals surface area contributed by atoms with Gasteiger partial charge in [-0.3, -0.25) is 0 Å². The molecule has 1 unspecified atom stereocenters. The van der Waals surface area contributed by atoms with E-state index in [-0.39, 0.29) is 42.8 Å². The highest BCUT2D eigenvalue weighted by Gasteiger charge is 2.39. The standard InChI is InChI=1S/C11H13F2NO.ClH/c1-7(14)8-3-2-4-9-10(8)15-6-5-11(9,12)13;/h2-4,7H,5-6,14H2,1H3;1H. The van der Waals surface area contributed by atoms with Crippen molar-refractivity contribution in [3.63, 3.8) is 0 Å². The van der Waals surface area contributed by atoms with Crippen LogP contribution in [0, 0.1) is 0 Å². The van der Waals surface area contributed by atoms with Gasteiger partial charge in [0.15, 0.2) is 0 Å². The summed E-state index contributed by atoms with van der Waals surface area (Å²) in [4.78, 5) is 0. The van der Waals surface area contributed by atoms with Gasteiger partial charge in [0.1, 0.15) is 5.75 Å². The molecule has 5 heteroatoms. The third-order valence-corrected chi connectivity index (χ3v) is 2.59. The van der Waals surface area contributed by atoms with Crippen molar-refractivity contribution in [2.45, 2.75) is 25.3 Å². The van der Waals surface area contributed by atoms with Gasteiger partial charge < -0.3 is 10.5 Å². The summed E-state index contributed by atoms with van der Waals surface area (Å²) in [6, 6.07) is 4.43. The molecule has 1 aromatic rings. The number of hydrogen-bond donors (Lipinski definition) is 1. The van der Waals surface area contributed by atoms with Gasteiger partial charge in [0.25, 0.3) is 5.92 Å². The van der Waals surface area contributed by atoms with E-state index in [1.54, 1.807) is 19.1 Å². The largest absolute Gasteiger partial charge is 0.492 e. The van der Waals surface area contributed by atoms with Gasteiger partial charge >= 0.3 is 0 Å². The summed E-state index contributed by atoms with van der Waals surface area (Å²) in [6.45, 7) is 1.80. The summed E-state index contributed by atoms with van der Waals surface area (Å²) in [5, 5.41) is 0. The zero-order valence-electron chi connectivity index (χ0n) is 8.87. The van der Waals surface area contributed by atoms with Crippen molar-refractivity contribution in [3.05, 3.63) is 29.3 Å². The summed E-state index contributed by atoms with van der Waals surface area (Å²) in [5.74, 6) is -2.53. The molecule has 0 amide bonds. The van der Waals surface area contributed by atoms with E-state index in [1.807, 2.05) is 0 Å². The molecule has 0 bridgehead atoms. The van der Waals surface area contributed by atoms with E-state index in [4.69, 9.17) is 10.5 Å². The molecule has 2 N–H and O–H groups in total. The van der Waals surface area contributed by atoms with Crippen LogP contribution in [0.2, 0.25) is 0 Å². The van der Waals surface area contributed by atoms with E-state index in [0.717, 1.165) is 0 Å². The minimum atomic E-state index is -2.79. The molecule has 0 saturated heterocycles. The maximum Gasteiger partial charge on any atom is 0.280 e. The molecule has 1 aliphatic heterocycles. The third-order valence-electron chi connectivity index (χ3n) is 2.59. The molecule has 1 atom stereocenters. The molecule has 2 rings (SSSR count). The van der Waals surface area contributed by atoms with E-state index in [1.165, 1.54) is 6.07 Å². The molecule has 0 radical (unpaired) electrons. The van der Waals surface area contributed by atoms with Gasteiger partial charge in [-0.25, -0.2) is 8.78 Å². The number of ether oxygens (including phenoxy) is 1. The Morgan fingerprint density at radius 3 is 2.75 bits per heavy atom. The second-order valence-corrected chi connectivity index (χ2v) is 3.82. The number of rotatable bonds is 1. The van der Waals surface area contributed by atoms with E-state index in [2.05, 4.69) is 0 Å². The van der Waals surface area contributed by atoms with Gasteiger partial charge in [-0.1, -0.05) is 12.1 Å². The fourth-order valence-corrected chi connectivity index (χ4v) is 1.78. The molecule has 2 nitrogen and oxygen atoms in total. The first-order valence-corrected chi connectivity index (χ1v) is 4.92.